The summed E-state index contributed by atoms with van der Waals surface area (Å²) in [5.74, 6) is 1.22. The van der Waals surface area contributed by atoms with Crippen LogP contribution < -0.4 is 10.1 Å². The van der Waals surface area contributed by atoms with Crippen LogP contribution in [-0.2, 0) is 21.5 Å². The van der Waals surface area contributed by atoms with E-state index in [0.29, 0.717) is 12.4 Å². The zero-order valence-electron chi connectivity index (χ0n) is 14.9. The monoisotopic (exact) mass is 354 g/mol. The molecule has 1 saturated carbocycles. The predicted octanol–water partition coefficient (Wildman–Crippen LogP) is 1.65. The Hall–Kier alpha value is -2.83. The highest BCUT2D eigenvalue weighted by Crippen LogP contribution is 2.60. The smallest absolute Gasteiger partial charge is 0.243 e. The van der Waals surface area contributed by atoms with Gasteiger partial charge in [0.05, 0.1) is 6.61 Å². The highest BCUT2D eigenvalue weighted by molar-refractivity contribution is 5.95. The highest BCUT2D eigenvalue weighted by atomic mass is 16.5. The van der Waals surface area contributed by atoms with Crippen LogP contribution in [0.3, 0.4) is 0 Å². The molecule has 7 heteroatoms. The Morgan fingerprint density at radius 2 is 2.15 bits per heavy atom. The molecular formula is C19H22N4O3. The van der Waals surface area contributed by atoms with E-state index in [9.17, 15) is 9.59 Å². The number of hydrogen-bond donors (Lipinski definition) is 1. The number of amides is 2. The van der Waals surface area contributed by atoms with Crippen LogP contribution in [0, 0.1) is 5.92 Å². The Kier molecular flexibility index (Phi) is 3.94. The molecule has 26 heavy (non-hydrogen) atoms. The van der Waals surface area contributed by atoms with Gasteiger partial charge in [-0.2, -0.15) is 5.10 Å². The largest absolute Gasteiger partial charge is 0.493 e. The van der Waals surface area contributed by atoms with E-state index in [1.54, 1.807) is 26.4 Å². The summed E-state index contributed by atoms with van der Waals surface area (Å²) in [6, 6.07) is 9.69. The SMILES string of the molecule is CN(C)C(=O)Cn1ccc(NC(=O)C2CC23CCOc2ccccc23)n1. The number of hydrogen-bond acceptors (Lipinski definition) is 4. The number of aromatic nitrogens is 2. The van der Waals surface area contributed by atoms with E-state index >= 15 is 0 Å². The molecule has 1 fully saturated rings. The van der Waals surface area contributed by atoms with Gasteiger partial charge in [-0.15, -0.1) is 0 Å². The Bertz CT molecular complexity index is 860. The third kappa shape index (κ3) is 2.83. The summed E-state index contributed by atoms with van der Waals surface area (Å²) in [4.78, 5) is 26.0. The minimum Gasteiger partial charge on any atom is -0.493 e. The van der Waals surface area contributed by atoms with Crippen molar-refractivity contribution >= 4 is 17.6 Å². The molecule has 1 spiro atoms. The number of nitrogens with zero attached hydrogens (tertiary/aromatic N) is 3. The third-order valence-corrected chi connectivity index (χ3v) is 5.31. The normalized spacial score (nSPS) is 23.1. The summed E-state index contributed by atoms with van der Waals surface area (Å²) in [5.41, 5.74) is 1.02. The molecule has 1 aliphatic heterocycles. The van der Waals surface area contributed by atoms with Crippen molar-refractivity contribution in [3.8, 4) is 5.75 Å². The molecule has 2 amide bonds. The van der Waals surface area contributed by atoms with Crippen LogP contribution in [0.1, 0.15) is 18.4 Å². The van der Waals surface area contributed by atoms with Gasteiger partial charge in [-0.25, -0.2) is 0 Å². The molecule has 2 heterocycles. The van der Waals surface area contributed by atoms with Crippen LogP contribution in [0.5, 0.6) is 5.75 Å². The van der Waals surface area contributed by atoms with Crippen molar-refractivity contribution in [2.24, 2.45) is 5.92 Å². The fourth-order valence-corrected chi connectivity index (χ4v) is 3.71. The fourth-order valence-electron chi connectivity index (χ4n) is 3.71. The van der Waals surface area contributed by atoms with E-state index in [4.69, 9.17) is 4.74 Å². The van der Waals surface area contributed by atoms with Gasteiger partial charge in [0.15, 0.2) is 5.82 Å². The number of para-hydroxylation sites is 1. The van der Waals surface area contributed by atoms with Crippen LogP contribution in [0.4, 0.5) is 5.82 Å². The number of carbonyl (C=O) groups is 2. The van der Waals surface area contributed by atoms with Gasteiger partial charge in [0.2, 0.25) is 11.8 Å². The van der Waals surface area contributed by atoms with Crippen molar-refractivity contribution in [1.82, 2.24) is 14.7 Å². The molecule has 2 unspecified atom stereocenters. The standard InChI is InChI=1S/C19H22N4O3/c1-22(2)17(24)12-23-9-7-16(21-23)20-18(25)14-11-19(14)8-10-26-15-6-4-3-5-13(15)19/h3-7,9,14H,8,10-12H2,1-2H3,(H,20,21,25). The van der Waals surface area contributed by atoms with Crippen molar-refractivity contribution in [3.63, 3.8) is 0 Å². The van der Waals surface area contributed by atoms with Gasteiger partial charge >= 0.3 is 0 Å². The Morgan fingerprint density at radius 3 is 2.96 bits per heavy atom. The molecule has 2 aromatic rings. The Balaban J connectivity index is 1.43. The van der Waals surface area contributed by atoms with Crippen LogP contribution in [-0.4, -0.2) is 47.2 Å². The van der Waals surface area contributed by atoms with Gasteiger partial charge in [0.1, 0.15) is 12.3 Å². The minimum atomic E-state index is -0.109. The van der Waals surface area contributed by atoms with Gasteiger partial charge in [-0.1, -0.05) is 18.2 Å². The number of benzene rings is 1. The molecule has 0 radical (unpaired) electrons. The molecule has 136 valence electrons. The number of carbonyl (C=O) groups excluding carboxylic acids is 2. The average molecular weight is 354 g/mol. The van der Waals surface area contributed by atoms with Gasteiger partial charge in [0.25, 0.3) is 0 Å². The molecule has 0 saturated heterocycles. The van der Waals surface area contributed by atoms with Crippen LogP contribution in [0.15, 0.2) is 36.5 Å². The fraction of sp³-hybridized carbons (Fsp3) is 0.421. The van der Waals surface area contributed by atoms with E-state index in [2.05, 4.69) is 16.5 Å². The minimum absolute atomic E-state index is 0.0223. The van der Waals surface area contributed by atoms with Crippen molar-refractivity contribution in [2.75, 3.05) is 26.0 Å². The molecular weight excluding hydrogens is 332 g/mol. The highest BCUT2D eigenvalue weighted by Gasteiger charge is 2.61. The van der Waals surface area contributed by atoms with Gasteiger partial charge in [0, 0.05) is 43.3 Å². The summed E-state index contributed by atoms with van der Waals surface area (Å²) in [6.45, 7) is 0.795. The number of nitrogens with one attached hydrogen (secondary N) is 1. The van der Waals surface area contributed by atoms with Crippen LogP contribution >= 0.6 is 0 Å². The van der Waals surface area contributed by atoms with Crippen LogP contribution in [0.2, 0.25) is 0 Å². The number of rotatable bonds is 4. The molecule has 2 aliphatic rings. The van der Waals surface area contributed by atoms with Gasteiger partial charge in [-0.05, 0) is 18.9 Å². The molecule has 0 bridgehead atoms. The Morgan fingerprint density at radius 1 is 1.35 bits per heavy atom. The lowest BCUT2D eigenvalue weighted by Gasteiger charge is -2.26. The molecule has 1 N–H and O–H groups in total. The summed E-state index contributed by atoms with van der Waals surface area (Å²) in [5, 5.41) is 7.17. The van der Waals surface area contributed by atoms with Crippen molar-refractivity contribution < 1.29 is 14.3 Å². The first kappa shape index (κ1) is 16.6. The third-order valence-electron chi connectivity index (χ3n) is 5.31. The zero-order valence-corrected chi connectivity index (χ0v) is 14.9. The Labute approximate surface area is 151 Å². The predicted molar refractivity (Wildman–Crippen MR) is 95.9 cm³/mol. The maximum atomic E-state index is 12.7. The molecule has 7 nitrogen and oxygen atoms in total. The molecule has 1 aliphatic carbocycles. The van der Waals surface area contributed by atoms with Gasteiger partial charge < -0.3 is 15.0 Å². The first-order valence-electron chi connectivity index (χ1n) is 8.76. The lowest BCUT2D eigenvalue weighted by Crippen LogP contribution is -2.27. The van der Waals surface area contributed by atoms with E-state index in [0.717, 1.165) is 24.2 Å². The quantitative estimate of drug-likeness (QED) is 0.906. The topological polar surface area (TPSA) is 76.5 Å². The summed E-state index contributed by atoms with van der Waals surface area (Å²) in [6.07, 6.45) is 3.39. The first-order chi connectivity index (χ1) is 12.5. The maximum Gasteiger partial charge on any atom is 0.243 e. The maximum absolute atomic E-state index is 12.7. The van der Waals surface area contributed by atoms with Gasteiger partial charge in [-0.3, -0.25) is 14.3 Å². The molecule has 1 aromatic heterocycles. The number of ether oxygens (including phenoxy) is 1. The van der Waals surface area contributed by atoms with E-state index in [-0.39, 0.29) is 29.7 Å². The number of anilines is 1. The lowest BCUT2D eigenvalue weighted by molar-refractivity contribution is -0.129. The summed E-state index contributed by atoms with van der Waals surface area (Å²) < 4.78 is 7.25. The zero-order chi connectivity index (χ0) is 18.3. The lowest BCUT2D eigenvalue weighted by atomic mass is 9.87. The van der Waals surface area contributed by atoms with E-state index < -0.39 is 0 Å². The second kappa shape index (κ2) is 6.16. The molecule has 4 rings (SSSR count). The van der Waals surface area contributed by atoms with Crippen molar-refractivity contribution in [2.45, 2.75) is 24.8 Å². The number of fused-ring (bicyclic) bond motifs is 2. The second-order valence-electron chi connectivity index (χ2n) is 7.18. The van der Waals surface area contributed by atoms with E-state index in [1.807, 2.05) is 18.2 Å². The van der Waals surface area contributed by atoms with Crippen LogP contribution in [0.25, 0.3) is 0 Å². The summed E-state index contributed by atoms with van der Waals surface area (Å²) >= 11 is 0. The second-order valence-corrected chi connectivity index (χ2v) is 7.18. The first-order valence-corrected chi connectivity index (χ1v) is 8.76. The molecule has 1 aromatic carbocycles. The molecule has 2 atom stereocenters. The van der Waals surface area contributed by atoms with Crippen molar-refractivity contribution in [3.05, 3.63) is 42.1 Å². The van der Waals surface area contributed by atoms with Crippen molar-refractivity contribution in [1.29, 1.82) is 0 Å². The average Bonchev–Trinajstić information content (AvgIpc) is 3.17. The number of likely N-dealkylation sites (N-methyl/N-ethyl adjacent to an activating group) is 1. The summed E-state index contributed by atoms with van der Waals surface area (Å²) in [7, 11) is 3.40. The van der Waals surface area contributed by atoms with E-state index in [1.165, 1.54) is 9.58 Å².